The van der Waals surface area contributed by atoms with Crippen molar-refractivity contribution in [3.05, 3.63) is 30.8 Å². The van der Waals surface area contributed by atoms with E-state index in [-0.39, 0.29) is 18.4 Å². The van der Waals surface area contributed by atoms with Gasteiger partial charge in [0.25, 0.3) is 0 Å². The Balaban J connectivity index is 1.67. The van der Waals surface area contributed by atoms with Crippen LogP contribution in [0.2, 0.25) is 0 Å². The first-order valence-corrected chi connectivity index (χ1v) is 7.40. The number of amides is 1. The number of carbonyl (C=O) groups excluding carboxylic acids is 1. The smallest absolute Gasteiger partial charge is 0.225 e. The zero-order valence-corrected chi connectivity index (χ0v) is 12.7. The van der Waals surface area contributed by atoms with Crippen LogP contribution in [0.15, 0.2) is 35.2 Å². The third-order valence-electron chi connectivity index (χ3n) is 3.78. The summed E-state index contributed by atoms with van der Waals surface area (Å²) < 4.78 is 23.7. The second-order valence-electron chi connectivity index (χ2n) is 5.47. The minimum atomic E-state index is -0.867. The van der Waals surface area contributed by atoms with Gasteiger partial charge in [-0.25, -0.2) is 9.37 Å². The predicted octanol–water partition coefficient (Wildman–Crippen LogP) is 2.38. The van der Waals surface area contributed by atoms with Gasteiger partial charge in [0.05, 0.1) is 18.9 Å². The second-order valence-corrected chi connectivity index (χ2v) is 5.47. The first kappa shape index (κ1) is 15.5. The number of benzene rings is 1. The molecule has 1 amide bonds. The molecule has 3 rings (SSSR count). The number of hydrogen-bond donors (Lipinski definition) is 2. The highest BCUT2D eigenvalue weighted by Crippen LogP contribution is 2.32. The van der Waals surface area contributed by atoms with E-state index in [0.717, 1.165) is 5.56 Å². The van der Waals surface area contributed by atoms with Crippen molar-refractivity contribution in [2.45, 2.75) is 25.1 Å². The monoisotopic (exact) mass is 319 g/mol. The molecule has 0 spiro atoms. The topological polar surface area (TPSA) is 76.4 Å². The lowest BCUT2D eigenvalue weighted by Gasteiger charge is -2.12. The molecule has 1 aromatic heterocycles. The fourth-order valence-electron chi connectivity index (χ4n) is 2.68. The van der Waals surface area contributed by atoms with Gasteiger partial charge in [0.2, 0.25) is 5.91 Å². The van der Waals surface area contributed by atoms with Gasteiger partial charge in [-0.2, -0.15) is 0 Å². The molecule has 0 aliphatic carbocycles. The van der Waals surface area contributed by atoms with E-state index in [9.17, 15) is 9.18 Å². The third kappa shape index (κ3) is 3.68. The highest BCUT2D eigenvalue weighted by molar-refractivity contribution is 5.92. The van der Waals surface area contributed by atoms with Crippen molar-refractivity contribution >= 4 is 11.6 Å². The molecule has 0 radical (unpaired) electrons. The Morgan fingerprint density at radius 1 is 1.57 bits per heavy atom. The largest absolute Gasteiger partial charge is 0.496 e. The molecule has 2 N–H and O–H groups in total. The molecule has 7 heteroatoms. The fraction of sp³-hybridized carbons (Fsp3) is 0.375. The molecular weight excluding hydrogens is 301 g/mol. The number of halogens is 1. The lowest BCUT2D eigenvalue weighted by atomic mass is 10.1. The molecule has 0 saturated carbocycles. The maximum Gasteiger partial charge on any atom is 0.225 e. The SMILES string of the molecule is COc1cc(NC(=O)C[C@@H]2C[C@@H](F)CN2)ccc1-c1cnco1. The summed E-state index contributed by atoms with van der Waals surface area (Å²) in [5.41, 5.74) is 1.37. The van der Waals surface area contributed by atoms with Crippen LogP contribution in [-0.4, -0.2) is 36.8 Å². The van der Waals surface area contributed by atoms with Crippen LogP contribution >= 0.6 is 0 Å². The normalized spacial score (nSPS) is 20.4. The zero-order valence-electron chi connectivity index (χ0n) is 12.7. The van der Waals surface area contributed by atoms with Crippen LogP contribution in [0, 0.1) is 0 Å². The molecule has 1 aliphatic heterocycles. The summed E-state index contributed by atoms with van der Waals surface area (Å²) in [6, 6.07) is 5.16. The van der Waals surface area contributed by atoms with E-state index in [2.05, 4.69) is 15.6 Å². The molecule has 1 aliphatic rings. The highest BCUT2D eigenvalue weighted by atomic mass is 19.1. The molecule has 6 nitrogen and oxygen atoms in total. The molecule has 23 heavy (non-hydrogen) atoms. The van der Waals surface area contributed by atoms with Crippen LogP contribution in [0.4, 0.5) is 10.1 Å². The molecule has 1 aromatic carbocycles. The Morgan fingerprint density at radius 2 is 2.43 bits per heavy atom. The minimum Gasteiger partial charge on any atom is -0.496 e. The number of alkyl halides is 1. The van der Waals surface area contributed by atoms with Gasteiger partial charge in [-0.15, -0.1) is 0 Å². The summed E-state index contributed by atoms with van der Waals surface area (Å²) in [7, 11) is 1.55. The van der Waals surface area contributed by atoms with Crippen LogP contribution in [0.3, 0.4) is 0 Å². The maximum absolute atomic E-state index is 13.1. The van der Waals surface area contributed by atoms with Crippen molar-refractivity contribution in [1.29, 1.82) is 0 Å². The third-order valence-corrected chi connectivity index (χ3v) is 3.78. The number of methoxy groups -OCH3 is 1. The van der Waals surface area contributed by atoms with E-state index in [1.807, 2.05) is 0 Å². The number of nitrogens with zero attached hydrogens (tertiary/aromatic N) is 1. The minimum absolute atomic E-state index is 0.111. The van der Waals surface area contributed by atoms with E-state index in [4.69, 9.17) is 9.15 Å². The summed E-state index contributed by atoms with van der Waals surface area (Å²) in [4.78, 5) is 15.9. The van der Waals surface area contributed by atoms with Crippen LogP contribution in [-0.2, 0) is 4.79 Å². The quantitative estimate of drug-likeness (QED) is 0.885. The Kier molecular flexibility index (Phi) is 4.57. The fourth-order valence-corrected chi connectivity index (χ4v) is 2.68. The van der Waals surface area contributed by atoms with Crippen molar-refractivity contribution in [1.82, 2.24) is 10.3 Å². The van der Waals surface area contributed by atoms with Gasteiger partial charge in [-0.3, -0.25) is 4.79 Å². The number of hydrogen-bond acceptors (Lipinski definition) is 5. The van der Waals surface area contributed by atoms with Crippen molar-refractivity contribution < 1.29 is 18.3 Å². The molecule has 2 atom stereocenters. The van der Waals surface area contributed by atoms with E-state index < -0.39 is 6.17 Å². The number of carbonyl (C=O) groups is 1. The number of oxazole rings is 1. The predicted molar refractivity (Wildman–Crippen MR) is 83.0 cm³/mol. The maximum atomic E-state index is 13.1. The Labute approximate surface area is 133 Å². The number of aromatic nitrogens is 1. The van der Waals surface area contributed by atoms with E-state index in [0.29, 0.717) is 30.2 Å². The second kappa shape index (κ2) is 6.78. The first-order chi connectivity index (χ1) is 11.2. The average molecular weight is 319 g/mol. The van der Waals surface area contributed by atoms with Gasteiger partial charge in [0, 0.05) is 30.8 Å². The van der Waals surface area contributed by atoms with Gasteiger partial charge in [0.15, 0.2) is 12.2 Å². The molecule has 1 saturated heterocycles. The molecule has 2 aromatic rings. The van der Waals surface area contributed by atoms with Gasteiger partial charge >= 0.3 is 0 Å². The van der Waals surface area contributed by atoms with Crippen molar-refractivity contribution in [2.75, 3.05) is 19.0 Å². The van der Waals surface area contributed by atoms with Gasteiger partial charge in [-0.1, -0.05) is 0 Å². The standard InChI is InChI=1S/C16H18FN3O3/c1-22-14-5-11(2-3-13(14)15-8-18-9-23-15)20-16(21)6-12-4-10(17)7-19-12/h2-3,5,8-10,12,19H,4,6-7H2,1H3,(H,20,21)/t10-,12+/m1/s1. The summed E-state index contributed by atoms with van der Waals surface area (Å²) in [6.07, 6.45) is 2.69. The summed E-state index contributed by atoms with van der Waals surface area (Å²) in [6.45, 7) is 0.317. The molecule has 2 heterocycles. The van der Waals surface area contributed by atoms with E-state index in [1.54, 1.807) is 31.5 Å². The van der Waals surface area contributed by atoms with Crippen LogP contribution in [0.1, 0.15) is 12.8 Å². The molecule has 1 fully saturated rings. The Hall–Kier alpha value is -2.41. The summed E-state index contributed by atoms with van der Waals surface area (Å²) in [5.74, 6) is 0.998. The van der Waals surface area contributed by atoms with Crippen molar-refractivity contribution in [2.24, 2.45) is 0 Å². The highest BCUT2D eigenvalue weighted by Gasteiger charge is 2.25. The van der Waals surface area contributed by atoms with Crippen molar-refractivity contribution in [3.8, 4) is 17.1 Å². The number of nitrogens with one attached hydrogen (secondary N) is 2. The molecular formula is C16H18FN3O3. The molecule has 0 unspecified atom stereocenters. The average Bonchev–Trinajstić information content (AvgIpc) is 3.19. The lowest BCUT2D eigenvalue weighted by Crippen LogP contribution is -2.27. The number of ether oxygens (including phenoxy) is 1. The summed E-state index contributed by atoms with van der Waals surface area (Å²) >= 11 is 0. The van der Waals surface area contributed by atoms with Gasteiger partial charge in [0.1, 0.15) is 11.9 Å². The van der Waals surface area contributed by atoms with Gasteiger partial charge < -0.3 is 19.8 Å². The zero-order chi connectivity index (χ0) is 16.2. The summed E-state index contributed by atoms with van der Waals surface area (Å²) in [5, 5.41) is 5.80. The lowest BCUT2D eigenvalue weighted by molar-refractivity contribution is -0.116. The van der Waals surface area contributed by atoms with Gasteiger partial charge in [-0.05, 0) is 18.6 Å². The Bertz CT molecular complexity index is 675. The first-order valence-electron chi connectivity index (χ1n) is 7.40. The van der Waals surface area contributed by atoms with E-state index in [1.165, 1.54) is 6.39 Å². The Morgan fingerprint density at radius 3 is 3.09 bits per heavy atom. The van der Waals surface area contributed by atoms with E-state index >= 15 is 0 Å². The number of anilines is 1. The van der Waals surface area contributed by atoms with Crippen LogP contribution in [0.25, 0.3) is 11.3 Å². The molecule has 0 bridgehead atoms. The van der Waals surface area contributed by atoms with Crippen LogP contribution < -0.4 is 15.4 Å². The van der Waals surface area contributed by atoms with Crippen molar-refractivity contribution in [3.63, 3.8) is 0 Å². The number of rotatable bonds is 5. The molecule has 122 valence electrons. The van der Waals surface area contributed by atoms with Crippen LogP contribution in [0.5, 0.6) is 5.75 Å².